The van der Waals surface area contributed by atoms with Crippen molar-refractivity contribution >= 4 is 11.8 Å². The van der Waals surface area contributed by atoms with Crippen LogP contribution in [0.1, 0.15) is 65.7 Å². The molecule has 2 heteroatoms. The van der Waals surface area contributed by atoms with Crippen LogP contribution in [0.15, 0.2) is 0 Å². The molecule has 2 unspecified atom stereocenters. The molecule has 0 saturated heterocycles. The lowest BCUT2D eigenvalue weighted by molar-refractivity contribution is 0.405. The van der Waals surface area contributed by atoms with E-state index in [0.29, 0.717) is 4.75 Å². The maximum atomic E-state index is 3.86. The van der Waals surface area contributed by atoms with Crippen molar-refractivity contribution in [1.82, 2.24) is 5.32 Å². The van der Waals surface area contributed by atoms with Crippen molar-refractivity contribution in [3.05, 3.63) is 0 Å². The highest BCUT2D eigenvalue weighted by atomic mass is 32.2. The van der Waals surface area contributed by atoms with Gasteiger partial charge in [-0.15, -0.1) is 0 Å². The molecule has 0 aromatic heterocycles. The average molecular weight is 257 g/mol. The normalized spacial score (nSPS) is 26.8. The Bertz CT molecular complexity index is 193. The zero-order valence-corrected chi connectivity index (χ0v) is 13.0. The van der Waals surface area contributed by atoms with E-state index in [1.165, 1.54) is 51.5 Å². The Kier molecular flexibility index (Phi) is 6.94. The summed E-state index contributed by atoms with van der Waals surface area (Å²) in [5.74, 6) is 0.949. The molecule has 0 aliphatic heterocycles. The van der Waals surface area contributed by atoms with Crippen molar-refractivity contribution in [3.8, 4) is 0 Å². The molecule has 0 radical (unpaired) electrons. The van der Waals surface area contributed by atoms with Gasteiger partial charge in [-0.2, -0.15) is 11.8 Å². The Balaban J connectivity index is 2.38. The zero-order valence-electron chi connectivity index (χ0n) is 12.2. The second-order valence-electron chi connectivity index (χ2n) is 5.79. The molecule has 1 aliphatic carbocycles. The van der Waals surface area contributed by atoms with Gasteiger partial charge >= 0.3 is 0 Å². The van der Waals surface area contributed by atoms with Crippen molar-refractivity contribution in [2.24, 2.45) is 5.92 Å². The molecule has 17 heavy (non-hydrogen) atoms. The Hall–Kier alpha value is 0.310. The van der Waals surface area contributed by atoms with Gasteiger partial charge in [0, 0.05) is 17.3 Å². The fourth-order valence-electron chi connectivity index (χ4n) is 2.88. The largest absolute Gasteiger partial charge is 0.313 e. The van der Waals surface area contributed by atoms with Gasteiger partial charge in [-0.1, -0.05) is 33.6 Å². The molecule has 1 aliphatic rings. The monoisotopic (exact) mass is 257 g/mol. The standard InChI is InChI=1S/C15H31NS/c1-5-15(6-2,17-4)12-16-14-9-7-8-13(3)10-11-14/h13-14,16H,5-12H2,1-4H3. The summed E-state index contributed by atoms with van der Waals surface area (Å²) in [4.78, 5) is 0. The molecule has 1 rings (SSSR count). The third kappa shape index (κ3) is 4.82. The molecule has 1 N–H and O–H groups in total. The second-order valence-corrected chi connectivity index (χ2v) is 7.06. The minimum atomic E-state index is 0.470. The number of hydrogen-bond donors (Lipinski definition) is 1. The summed E-state index contributed by atoms with van der Waals surface area (Å²) >= 11 is 2.05. The lowest BCUT2D eigenvalue weighted by atomic mass is 10.0. The molecule has 0 bridgehead atoms. The van der Waals surface area contributed by atoms with Crippen LogP contribution in [0.4, 0.5) is 0 Å². The van der Waals surface area contributed by atoms with Crippen LogP contribution in [0, 0.1) is 5.92 Å². The van der Waals surface area contributed by atoms with Crippen LogP contribution < -0.4 is 5.32 Å². The smallest absolute Gasteiger partial charge is 0.0276 e. The van der Waals surface area contributed by atoms with Crippen LogP contribution in [-0.4, -0.2) is 23.6 Å². The Morgan fingerprint density at radius 1 is 1.12 bits per heavy atom. The van der Waals surface area contributed by atoms with Crippen LogP contribution >= 0.6 is 11.8 Å². The first kappa shape index (κ1) is 15.4. The van der Waals surface area contributed by atoms with Crippen molar-refractivity contribution < 1.29 is 0 Å². The lowest BCUT2D eigenvalue weighted by Gasteiger charge is -2.32. The highest BCUT2D eigenvalue weighted by Crippen LogP contribution is 2.30. The van der Waals surface area contributed by atoms with Crippen LogP contribution in [0.3, 0.4) is 0 Å². The summed E-state index contributed by atoms with van der Waals surface area (Å²) in [6, 6.07) is 0.782. The Morgan fingerprint density at radius 3 is 2.41 bits per heavy atom. The third-order valence-corrected chi connectivity index (χ3v) is 6.28. The summed E-state index contributed by atoms with van der Waals surface area (Å²) in [7, 11) is 0. The molecule has 1 saturated carbocycles. The van der Waals surface area contributed by atoms with Crippen LogP contribution in [-0.2, 0) is 0 Å². The van der Waals surface area contributed by atoms with E-state index in [0.717, 1.165) is 12.0 Å². The highest BCUT2D eigenvalue weighted by Gasteiger charge is 2.26. The van der Waals surface area contributed by atoms with Gasteiger partial charge < -0.3 is 5.32 Å². The van der Waals surface area contributed by atoms with E-state index < -0.39 is 0 Å². The SMILES string of the molecule is CCC(CC)(CNC1CCCC(C)CC1)SC. The van der Waals surface area contributed by atoms with E-state index in [4.69, 9.17) is 0 Å². The van der Waals surface area contributed by atoms with Gasteiger partial charge in [0.1, 0.15) is 0 Å². The maximum Gasteiger partial charge on any atom is 0.0276 e. The van der Waals surface area contributed by atoms with E-state index in [1.54, 1.807) is 0 Å². The minimum Gasteiger partial charge on any atom is -0.313 e. The van der Waals surface area contributed by atoms with Crippen LogP contribution in [0.5, 0.6) is 0 Å². The van der Waals surface area contributed by atoms with Gasteiger partial charge in [0.05, 0.1) is 0 Å². The van der Waals surface area contributed by atoms with Crippen molar-refractivity contribution in [3.63, 3.8) is 0 Å². The van der Waals surface area contributed by atoms with Gasteiger partial charge in [0.25, 0.3) is 0 Å². The first-order chi connectivity index (χ1) is 8.15. The Morgan fingerprint density at radius 2 is 1.82 bits per heavy atom. The highest BCUT2D eigenvalue weighted by molar-refractivity contribution is 8.00. The van der Waals surface area contributed by atoms with Gasteiger partial charge in [-0.3, -0.25) is 0 Å². The second kappa shape index (κ2) is 7.68. The first-order valence-electron chi connectivity index (χ1n) is 7.44. The summed E-state index contributed by atoms with van der Waals surface area (Å²) < 4.78 is 0.470. The van der Waals surface area contributed by atoms with Crippen LogP contribution in [0.2, 0.25) is 0 Å². The fourth-order valence-corrected chi connectivity index (χ4v) is 3.69. The summed E-state index contributed by atoms with van der Waals surface area (Å²) in [6.07, 6.45) is 11.9. The molecule has 2 atom stereocenters. The topological polar surface area (TPSA) is 12.0 Å². The van der Waals surface area contributed by atoms with E-state index >= 15 is 0 Å². The van der Waals surface area contributed by atoms with E-state index in [1.807, 2.05) is 11.8 Å². The Labute approximate surface area is 113 Å². The molecular formula is C15H31NS. The van der Waals surface area contributed by atoms with Crippen molar-refractivity contribution in [2.75, 3.05) is 12.8 Å². The average Bonchev–Trinajstić information content (AvgIpc) is 2.57. The van der Waals surface area contributed by atoms with Crippen molar-refractivity contribution in [2.45, 2.75) is 76.5 Å². The summed E-state index contributed by atoms with van der Waals surface area (Å²) in [5.41, 5.74) is 0. The van der Waals surface area contributed by atoms with E-state index in [9.17, 15) is 0 Å². The summed E-state index contributed by atoms with van der Waals surface area (Å²) in [6.45, 7) is 8.26. The van der Waals surface area contributed by atoms with Gasteiger partial charge in [0.2, 0.25) is 0 Å². The van der Waals surface area contributed by atoms with Crippen LogP contribution in [0.25, 0.3) is 0 Å². The van der Waals surface area contributed by atoms with Gasteiger partial charge in [-0.05, 0) is 44.3 Å². The summed E-state index contributed by atoms with van der Waals surface area (Å²) in [5, 5.41) is 3.86. The first-order valence-corrected chi connectivity index (χ1v) is 8.66. The van der Waals surface area contributed by atoms with E-state index in [2.05, 4.69) is 32.3 Å². The molecule has 0 heterocycles. The minimum absolute atomic E-state index is 0.470. The number of rotatable bonds is 6. The van der Waals surface area contributed by atoms with Gasteiger partial charge in [-0.25, -0.2) is 0 Å². The maximum absolute atomic E-state index is 3.86. The number of hydrogen-bond acceptors (Lipinski definition) is 2. The molecule has 1 fully saturated rings. The molecule has 0 amide bonds. The van der Waals surface area contributed by atoms with Crippen molar-refractivity contribution in [1.29, 1.82) is 0 Å². The molecule has 0 aromatic rings. The predicted octanol–water partition coefficient (Wildman–Crippen LogP) is 4.47. The zero-order chi connectivity index (χ0) is 12.7. The number of nitrogens with one attached hydrogen (secondary N) is 1. The molecule has 0 aromatic carbocycles. The molecule has 102 valence electrons. The predicted molar refractivity (Wildman–Crippen MR) is 80.9 cm³/mol. The quantitative estimate of drug-likeness (QED) is 0.705. The lowest BCUT2D eigenvalue weighted by Crippen LogP contribution is -2.41. The third-order valence-electron chi connectivity index (χ3n) is 4.69. The molecular weight excluding hydrogens is 226 g/mol. The van der Waals surface area contributed by atoms with E-state index in [-0.39, 0.29) is 0 Å². The molecule has 1 nitrogen and oxygen atoms in total. The van der Waals surface area contributed by atoms with Gasteiger partial charge in [0.15, 0.2) is 0 Å². The number of thioether (sulfide) groups is 1. The molecule has 0 spiro atoms. The fraction of sp³-hybridized carbons (Fsp3) is 1.00.